The highest BCUT2D eigenvalue weighted by molar-refractivity contribution is 7.93. The van der Waals surface area contributed by atoms with Crippen molar-refractivity contribution in [1.29, 1.82) is 0 Å². The SMILES string of the molecule is CS1(=O)=NCc2c(B(O)O)cccc21. The van der Waals surface area contributed by atoms with Crippen LogP contribution in [0.1, 0.15) is 5.56 Å². The molecular weight excluding hydrogens is 201 g/mol. The van der Waals surface area contributed by atoms with E-state index in [0.717, 1.165) is 0 Å². The van der Waals surface area contributed by atoms with Crippen LogP contribution in [-0.4, -0.2) is 27.6 Å². The Labute approximate surface area is 82.9 Å². The topological polar surface area (TPSA) is 69.9 Å². The Morgan fingerprint density at radius 1 is 1.50 bits per heavy atom. The molecule has 1 aliphatic rings. The standard InChI is InChI=1S/C8H10BNO3S/c1-14(13)8-4-2-3-7(9(11)12)6(8)5-10-14/h2-4,11-12H,5H2,1H3. The van der Waals surface area contributed by atoms with Crippen molar-refractivity contribution in [2.75, 3.05) is 6.26 Å². The van der Waals surface area contributed by atoms with Gasteiger partial charge in [-0.05, 0) is 17.1 Å². The number of hydrogen-bond acceptors (Lipinski definition) is 4. The first-order valence-electron chi connectivity index (χ1n) is 4.18. The zero-order chi connectivity index (χ0) is 10.3. The second-order valence-electron chi connectivity index (χ2n) is 3.29. The third-order valence-corrected chi connectivity index (χ3v) is 4.14. The molecule has 0 spiro atoms. The van der Waals surface area contributed by atoms with Gasteiger partial charge in [-0.2, -0.15) is 0 Å². The van der Waals surface area contributed by atoms with Crippen LogP contribution in [-0.2, 0) is 16.3 Å². The van der Waals surface area contributed by atoms with Crippen LogP contribution in [0.15, 0.2) is 27.5 Å². The zero-order valence-corrected chi connectivity index (χ0v) is 8.49. The molecule has 1 aromatic rings. The molecule has 1 unspecified atom stereocenters. The van der Waals surface area contributed by atoms with Crippen molar-refractivity contribution in [2.45, 2.75) is 11.4 Å². The van der Waals surface area contributed by atoms with Gasteiger partial charge in [-0.3, -0.25) is 0 Å². The highest BCUT2D eigenvalue weighted by atomic mass is 32.2. The Morgan fingerprint density at radius 3 is 2.86 bits per heavy atom. The van der Waals surface area contributed by atoms with Crippen molar-refractivity contribution in [2.24, 2.45) is 4.36 Å². The number of nitrogens with zero attached hydrogens (tertiary/aromatic N) is 1. The monoisotopic (exact) mass is 211 g/mol. The molecule has 74 valence electrons. The Kier molecular flexibility index (Phi) is 2.13. The van der Waals surface area contributed by atoms with Gasteiger partial charge in [0, 0.05) is 6.26 Å². The molecule has 0 amide bonds. The maximum absolute atomic E-state index is 11.9. The summed E-state index contributed by atoms with van der Waals surface area (Å²) in [7, 11) is -3.83. The highest BCUT2D eigenvalue weighted by Crippen LogP contribution is 2.23. The molecule has 0 radical (unpaired) electrons. The van der Waals surface area contributed by atoms with Gasteiger partial charge in [-0.25, -0.2) is 8.57 Å². The van der Waals surface area contributed by atoms with Crippen LogP contribution < -0.4 is 5.46 Å². The van der Waals surface area contributed by atoms with E-state index in [2.05, 4.69) is 4.36 Å². The molecule has 0 saturated carbocycles. The van der Waals surface area contributed by atoms with Crippen LogP contribution in [0.2, 0.25) is 0 Å². The minimum Gasteiger partial charge on any atom is -0.423 e. The Hall–Kier alpha value is -0.845. The third kappa shape index (κ3) is 1.35. The normalized spacial score (nSPS) is 24.2. The largest absolute Gasteiger partial charge is 0.488 e. The third-order valence-electron chi connectivity index (χ3n) is 2.32. The fourth-order valence-corrected chi connectivity index (χ4v) is 3.09. The van der Waals surface area contributed by atoms with Crippen LogP contribution in [0.5, 0.6) is 0 Å². The van der Waals surface area contributed by atoms with Gasteiger partial charge in [0.15, 0.2) is 0 Å². The molecule has 0 fully saturated rings. The van der Waals surface area contributed by atoms with Gasteiger partial charge in [0.25, 0.3) is 0 Å². The average Bonchev–Trinajstić information content (AvgIpc) is 2.42. The van der Waals surface area contributed by atoms with Crippen LogP contribution in [0.25, 0.3) is 0 Å². The number of benzene rings is 1. The summed E-state index contributed by atoms with van der Waals surface area (Å²) < 4.78 is 15.8. The predicted molar refractivity (Wildman–Crippen MR) is 54.7 cm³/mol. The van der Waals surface area contributed by atoms with E-state index in [9.17, 15) is 4.21 Å². The number of rotatable bonds is 1. The maximum atomic E-state index is 11.9. The Bertz CT molecular complexity index is 491. The van der Waals surface area contributed by atoms with Crippen LogP contribution in [0, 0.1) is 0 Å². The van der Waals surface area contributed by atoms with Gasteiger partial charge < -0.3 is 10.0 Å². The average molecular weight is 211 g/mol. The van der Waals surface area contributed by atoms with Gasteiger partial charge in [-0.1, -0.05) is 12.1 Å². The fourth-order valence-electron chi connectivity index (χ4n) is 1.61. The molecule has 14 heavy (non-hydrogen) atoms. The van der Waals surface area contributed by atoms with Crippen LogP contribution in [0.4, 0.5) is 0 Å². The molecule has 4 nitrogen and oxygen atoms in total. The van der Waals surface area contributed by atoms with E-state index in [1.807, 2.05) is 0 Å². The summed E-state index contributed by atoms with van der Waals surface area (Å²) >= 11 is 0. The molecule has 6 heteroatoms. The summed E-state index contributed by atoms with van der Waals surface area (Å²) in [4.78, 5) is 0.628. The molecule has 2 rings (SSSR count). The molecule has 1 aromatic carbocycles. The molecule has 0 aromatic heterocycles. The zero-order valence-electron chi connectivity index (χ0n) is 7.67. The quantitative estimate of drug-likeness (QED) is 0.605. The van der Waals surface area contributed by atoms with Gasteiger partial charge in [0.05, 0.1) is 21.2 Å². The van der Waals surface area contributed by atoms with E-state index < -0.39 is 16.8 Å². The lowest BCUT2D eigenvalue weighted by atomic mass is 9.77. The van der Waals surface area contributed by atoms with Crippen LogP contribution in [0.3, 0.4) is 0 Å². The van der Waals surface area contributed by atoms with Gasteiger partial charge >= 0.3 is 7.12 Å². The van der Waals surface area contributed by atoms with Gasteiger partial charge in [0.2, 0.25) is 0 Å². The van der Waals surface area contributed by atoms with Crippen molar-refractivity contribution >= 4 is 22.3 Å². The summed E-state index contributed by atoms with van der Waals surface area (Å²) in [5, 5.41) is 18.2. The lowest BCUT2D eigenvalue weighted by molar-refractivity contribution is 0.425. The first-order valence-corrected chi connectivity index (χ1v) is 6.10. The minimum atomic E-state index is -2.31. The molecule has 0 bridgehead atoms. The molecule has 1 aliphatic heterocycles. The highest BCUT2D eigenvalue weighted by Gasteiger charge is 2.25. The molecule has 0 saturated heterocycles. The Morgan fingerprint density at radius 2 is 2.21 bits per heavy atom. The lowest BCUT2D eigenvalue weighted by Crippen LogP contribution is -2.33. The van der Waals surface area contributed by atoms with Crippen molar-refractivity contribution in [1.82, 2.24) is 0 Å². The Balaban J connectivity index is 2.67. The lowest BCUT2D eigenvalue weighted by Gasteiger charge is -2.06. The molecule has 2 N–H and O–H groups in total. The number of fused-ring (bicyclic) bond motifs is 1. The number of hydrogen-bond donors (Lipinski definition) is 2. The summed E-state index contributed by atoms with van der Waals surface area (Å²) in [6.07, 6.45) is 1.56. The maximum Gasteiger partial charge on any atom is 0.488 e. The van der Waals surface area contributed by atoms with E-state index in [-0.39, 0.29) is 0 Å². The first-order chi connectivity index (χ1) is 6.52. The van der Waals surface area contributed by atoms with Crippen molar-refractivity contribution in [3.63, 3.8) is 0 Å². The molecular formula is C8H10BNO3S. The van der Waals surface area contributed by atoms with E-state index in [0.29, 0.717) is 22.5 Å². The molecule has 1 heterocycles. The predicted octanol–water partition coefficient (Wildman–Crippen LogP) is -0.663. The minimum absolute atomic E-state index is 0.304. The molecule has 0 aliphatic carbocycles. The van der Waals surface area contributed by atoms with Crippen molar-refractivity contribution in [3.05, 3.63) is 23.8 Å². The summed E-state index contributed by atoms with van der Waals surface area (Å²) in [6.45, 7) is 0.304. The summed E-state index contributed by atoms with van der Waals surface area (Å²) in [6, 6.07) is 5.00. The molecule has 1 atom stereocenters. The summed E-state index contributed by atoms with van der Waals surface area (Å²) in [5.41, 5.74) is 1.09. The summed E-state index contributed by atoms with van der Waals surface area (Å²) in [5.74, 6) is 0. The van der Waals surface area contributed by atoms with Crippen molar-refractivity contribution < 1.29 is 14.3 Å². The second kappa shape index (κ2) is 3.08. The van der Waals surface area contributed by atoms with Crippen molar-refractivity contribution in [3.8, 4) is 0 Å². The first kappa shape index (κ1) is 9.70. The van der Waals surface area contributed by atoms with E-state index >= 15 is 0 Å². The van der Waals surface area contributed by atoms with E-state index in [1.165, 1.54) is 0 Å². The van der Waals surface area contributed by atoms with Gasteiger partial charge in [0.1, 0.15) is 0 Å². The van der Waals surface area contributed by atoms with E-state index in [4.69, 9.17) is 10.0 Å². The van der Waals surface area contributed by atoms with Crippen LogP contribution >= 0.6 is 0 Å². The fraction of sp³-hybridized carbons (Fsp3) is 0.250. The smallest absolute Gasteiger partial charge is 0.423 e. The second-order valence-corrected chi connectivity index (χ2v) is 5.59. The van der Waals surface area contributed by atoms with E-state index in [1.54, 1.807) is 24.5 Å². The van der Waals surface area contributed by atoms with Gasteiger partial charge in [-0.15, -0.1) is 0 Å².